The van der Waals surface area contributed by atoms with Gasteiger partial charge in [0.05, 0.1) is 38.7 Å². The standard InChI is InChI=1S/C24H33NO6S/c1-6-8-14-24(7-2)16-32(27,28)23-18(15-19(29-3)21(30-4)22(23)31-5)20(25(24)26)17-12-10-9-11-13-17/h9-13,15,20,26H,6-8,14,16H2,1-5H3/t20-,24-/m1/s1. The number of ether oxygens (including phenoxy) is 3. The fourth-order valence-electron chi connectivity index (χ4n) is 4.66. The van der Waals surface area contributed by atoms with Gasteiger partial charge in [0.1, 0.15) is 4.90 Å². The fourth-order valence-corrected chi connectivity index (χ4v) is 6.98. The molecule has 2 atom stereocenters. The maximum atomic E-state index is 13.9. The molecule has 0 aromatic heterocycles. The molecular weight excluding hydrogens is 430 g/mol. The van der Waals surface area contributed by atoms with Crippen molar-refractivity contribution in [1.29, 1.82) is 0 Å². The Bertz CT molecular complexity index is 1040. The number of hydrogen-bond donors (Lipinski definition) is 1. The van der Waals surface area contributed by atoms with Gasteiger partial charge in [-0.15, -0.1) is 0 Å². The predicted octanol–water partition coefficient (Wildman–Crippen LogP) is 4.62. The molecule has 0 aliphatic carbocycles. The molecule has 1 aliphatic rings. The van der Waals surface area contributed by atoms with Crippen LogP contribution in [0.25, 0.3) is 0 Å². The zero-order valence-corrected chi connectivity index (χ0v) is 20.2. The number of methoxy groups -OCH3 is 3. The molecule has 1 aliphatic heterocycles. The largest absolute Gasteiger partial charge is 0.493 e. The lowest BCUT2D eigenvalue weighted by Crippen LogP contribution is -2.51. The molecule has 0 fully saturated rings. The minimum absolute atomic E-state index is 0.0392. The van der Waals surface area contributed by atoms with Gasteiger partial charge in [-0.3, -0.25) is 0 Å². The first kappa shape index (κ1) is 24.4. The van der Waals surface area contributed by atoms with Gasteiger partial charge in [0.15, 0.2) is 21.3 Å². The summed E-state index contributed by atoms with van der Waals surface area (Å²) in [5, 5.41) is 13.0. The molecule has 0 radical (unpaired) electrons. The number of unbranched alkanes of at least 4 members (excludes halogenated alkanes) is 1. The van der Waals surface area contributed by atoms with Gasteiger partial charge >= 0.3 is 0 Å². The summed E-state index contributed by atoms with van der Waals surface area (Å²) in [6, 6.07) is 10.3. The fraction of sp³-hybridized carbons (Fsp3) is 0.500. The highest BCUT2D eigenvalue weighted by atomic mass is 32.2. The van der Waals surface area contributed by atoms with Crippen LogP contribution < -0.4 is 14.2 Å². The number of rotatable bonds is 8. The smallest absolute Gasteiger partial charge is 0.204 e. The van der Waals surface area contributed by atoms with Crippen molar-refractivity contribution in [2.75, 3.05) is 27.1 Å². The van der Waals surface area contributed by atoms with Gasteiger partial charge in [-0.25, -0.2) is 8.42 Å². The van der Waals surface area contributed by atoms with Crippen LogP contribution >= 0.6 is 0 Å². The van der Waals surface area contributed by atoms with Crippen LogP contribution in [0.1, 0.15) is 56.7 Å². The minimum Gasteiger partial charge on any atom is -0.493 e. The van der Waals surface area contributed by atoms with E-state index >= 15 is 0 Å². The Morgan fingerprint density at radius 2 is 1.72 bits per heavy atom. The Labute approximate surface area is 190 Å². The molecule has 0 amide bonds. The van der Waals surface area contributed by atoms with Crippen molar-refractivity contribution < 1.29 is 27.8 Å². The van der Waals surface area contributed by atoms with E-state index in [0.717, 1.165) is 18.4 Å². The third-order valence-electron chi connectivity index (χ3n) is 6.38. The minimum atomic E-state index is -3.87. The lowest BCUT2D eigenvalue weighted by Gasteiger charge is -2.42. The van der Waals surface area contributed by atoms with E-state index in [1.165, 1.54) is 26.4 Å². The summed E-state index contributed by atoms with van der Waals surface area (Å²) < 4.78 is 44.4. The number of nitrogens with zero attached hydrogens (tertiary/aromatic N) is 1. The maximum Gasteiger partial charge on any atom is 0.204 e. The Kier molecular flexibility index (Phi) is 7.37. The zero-order valence-electron chi connectivity index (χ0n) is 19.4. The van der Waals surface area contributed by atoms with Crippen LogP contribution in [0.2, 0.25) is 0 Å². The van der Waals surface area contributed by atoms with E-state index in [2.05, 4.69) is 6.92 Å². The summed E-state index contributed by atoms with van der Waals surface area (Å²) in [4.78, 5) is 0.0392. The molecule has 1 N–H and O–H groups in total. The highest BCUT2D eigenvalue weighted by molar-refractivity contribution is 7.91. The van der Waals surface area contributed by atoms with Gasteiger partial charge in [0, 0.05) is 5.56 Å². The van der Waals surface area contributed by atoms with Crippen molar-refractivity contribution in [3.63, 3.8) is 0 Å². The molecule has 8 heteroatoms. The Balaban J connectivity index is 2.44. The molecule has 2 aromatic carbocycles. The second-order valence-corrected chi connectivity index (χ2v) is 10.1. The van der Waals surface area contributed by atoms with E-state index in [-0.39, 0.29) is 22.1 Å². The maximum absolute atomic E-state index is 13.9. The number of fused-ring (bicyclic) bond motifs is 1. The molecule has 32 heavy (non-hydrogen) atoms. The molecule has 0 saturated heterocycles. The molecule has 0 spiro atoms. The molecule has 7 nitrogen and oxygen atoms in total. The summed E-state index contributed by atoms with van der Waals surface area (Å²) in [6.45, 7) is 3.98. The van der Waals surface area contributed by atoms with Gasteiger partial charge in [0.25, 0.3) is 0 Å². The average Bonchev–Trinajstić information content (AvgIpc) is 2.87. The lowest BCUT2D eigenvalue weighted by molar-refractivity contribution is -0.193. The average molecular weight is 464 g/mol. The Morgan fingerprint density at radius 3 is 2.25 bits per heavy atom. The monoisotopic (exact) mass is 463 g/mol. The number of sulfone groups is 1. The summed E-state index contributed by atoms with van der Waals surface area (Å²) in [5.74, 6) is 0.421. The van der Waals surface area contributed by atoms with Gasteiger partial charge < -0.3 is 19.4 Å². The van der Waals surface area contributed by atoms with E-state index in [0.29, 0.717) is 24.2 Å². The van der Waals surface area contributed by atoms with Crippen LogP contribution in [0.4, 0.5) is 0 Å². The van der Waals surface area contributed by atoms with Crippen molar-refractivity contribution >= 4 is 9.84 Å². The molecule has 1 heterocycles. The van der Waals surface area contributed by atoms with E-state index in [9.17, 15) is 13.6 Å². The van der Waals surface area contributed by atoms with E-state index in [4.69, 9.17) is 14.2 Å². The number of benzene rings is 2. The Morgan fingerprint density at radius 1 is 1.06 bits per heavy atom. The van der Waals surface area contributed by atoms with Crippen LogP contribution in [0, 0.1) is 0 Å². The van der Waals surface area contributed by atoms with Crippen molar-refractivity contribution in [2.24, 2.45) is 0 Å². The molecule has 0 saturated carbocycles. The quantitative estimate of drug-likeness (QED) is 0.611. The first-order chi connectivity index (χ1) is 15.3. The predicted molar refractivity (Wildman–Crippen MR) is 123 cm³/mol. The van der Waals surface area contributed by atoms with Gasteiger partial charge in [0.2, 0.25) is 5.75 Å². The first-order valence-corrected chi connectivity index (χ1v) is 12.5. The molecule has 0 bridgehead atoms. The van der Waals surface area contributed by atoms with Gasteiger partial charge in [-0.2, -0.15) is 5.06 Å². The number of hydroxylamine groups is 2. The summed E-state index contributed by atoms with van der Waals surface area (Å²) in [5.41, 5.74) is 0.219. The van der Waals surface area contributed by atoms with Crippen LogP contribution in [0.15, 0.2) is 41.3 Å². The van der Waals surface area contributed by atoms with E-state index < -0.39 is 21.4 Å². The van der Waals surface area contributed by atoms with Crippen molar-refractivity contribution in [2.45, 2.75) is 56.0 Å². The molecule has 3 rings (SSSR count). The zero-order chi connectivity index (χ0) is 23.5. The van der Waals surface area contributed by atoms with Crippen LogP contribution in [0.5, 0.6) is 17.2 Å². The SMILES string of the molecule is CCCC[C@]1(CC)CS(=O)(=O)c2c(cc(OC)c(OC)c2OC)[C@@H](c2ccccc2)N1O. The first-order valence-electron chi connectivity index (χ1n) is 10.9. The normalized spacial score (nSPS) is 22.6. The molecular formula is C24H33NO6S. The highest BCUT2D eigenvalue weighted by Crippen LogP contribution is 2.52. The van der Waals surface area contributed by atoms with Crippen molar-refractivity contribution in [1.82, 2.24) is 5.06 Å². The van der Waals surface area contributed by atoms with E-state index in [1.54, 1.807) is 6.07 Å². The summed E-state index contributed by atoms with van der Waals surface area (Å²) in [7, 11) is 0.480. The number of hydrogen-bond acceptors (Lipinski definition) is 7. The summed E-state index contributed by atoms with van der Waals surface area (Å²) in [6.07, 6.45) is 2.70. The molecule has 0 unspecified atom stereocenters. The van der Waals surface area contributed by atoms with Gasteiger partial charge in [-0.1, -0.05) is 57.0 Å². The Hall–Kier alpha value is -2.29. The third kappa shape index (κ3) is 4.07. The van der Waals surface area contributed by atoms with Crippen molar-refractivity contribution in [3.05, 3.63) is 47.5 Å². The van der Waals surface area contributed by atoms with Crippen molar-refractivity contribution in [3.8, 4) is 17.2 Å². The van der Waals surface area contributed by atoms with Crippen LogP contribution in [0.3, 0.4) is 0 Å². The van der Waals surface area contributed by atoms with E-state index in [1.807, 2.05) is 37.3 Å². The van der Waals surface area contributed by atoms with Crippen LogP contribution in [-0.4, -0.2) is 51.3 Å². The second-order valence-electron chi connectivity index (χ2n) is 8.16. The highest BCUT2D eigenvalue weighted by Gasteiger charge is 2.49. The lowest BCUT2D eigenvalue weighted by atomic mass is 9.87. The topological polar surface area (TPSA) is 85.3 Å². The summed E-state index contributed by atoms with van der Waals surface area (Å²) >= 11 is 0. The van der Waals surface area contributed by atoms with Gasteiger partial charge in [-0.05, 0) is 24.5 Å². The third-order valence-corrected chi connectivity index (χ3v) is 8.34. The second kappa shape index (κ2) is 9.68. The molecule has 2 aromatic rings. The van der Waals surface area contributed by atoms with Crippen LogP contribution in [-0.2, 0) is 9.84 Å². The molecule has 176 valence electrons.